The van der Waals surface area contributed by atoms with Gasteiger partial charge in [0.2, 0.25) is 0 Å². The Hall–Kier alpha value is -2.34. The molecule has 1 aliphatic rings. The van der Waals surface area contributed by atoms with E-state index in [9.17, 15) is 4.79 Å². The van der Waals surface area contributed by atoms with E-state index in [1.54, 1.807) is 0 Å². The molecule has 2 aromatic heterocycles. The summed E-state index contributed by atoms with van der Waals surface area (Å²) in [5, 5.41) is 5.00. The van der Waals surface area contributed by atoms with Gasteiger partial charge in [-0.2, -0.15) is 0 Å². The molecule has 2 atom stereocenters. The van der Waals surface area contributed by atoms with Crippen molar-refractivity contribution in [1.29, 1.82) is 0 Å². The molecule has 0 radical (unpaired) electrons. The first-order valence-electron chi connectivity index (χ1n) is 9.63. The second-order valence-electron chi connectivity index (χ2n) is 7.32. The normalized spacial score (nSPS) is 20.1. The van der Waals surface area contributed by atoms with Crippen LogP contribution in [0.5, 0.6) is 5.75 Å². The summed E-state index contributed by atoms with van der Waals surface area (Å²) in [7, 11) is 0. The van der Waals surface area contributed by atoms with E-state index in [0.29, 0.717) is 23.1 Å². The fourth-order valence-corrected chi connectivity index (χ4v) is 4.86. The molecule has 142 valence electrons. The Labute approximate surface area is 162 Å². The summed E-state index contributed by atoms with van der Waals surface area (Å²) in [6.45, 7) is 4.79. The van der Waals surface area contributed by atoms with E-state index >= 15 is 0 Å². The number of rotatable bonds is 4. The maximum atomic E-state index is 12.9. The van der Waals surface area contributed by atoms with Crippen molar-refractivity contribution in [1.82, 2.24) is 10.3 Å². The van der Waals surface area contributed by atoms with Crippen molar-refractivity contribution in [3.63, 3.8) is 0 Å². The van der Waals surface area contributed by atoms with Crippen LogP contribution in [0.3, 0.4) is 0 Å². The molecule has 1 saturated carbocycles. The number of nitrogens with one attached hydrogen (secondary N) is 1. The number of thiophene rings is 1. The number of fused-ring (bicyclic) bond motifs is 2. The van der Waals surface area contributed by atoms with Gasteiger partial charge in [-0.3, -0.25) is 4.79 Å². The average Bonchev–Trinajstić information content (AvgIpc) is 2.98. The smallest absolute Gasteiger partial charge is 0.263 e. The van der Waals surface area contributed by atoms with Crippen LogP contribution < -0.4 is 15.8 Å². The minimum Gasteiger partial charge on any atom is -0.494 e. The van der Waals surface area contributed by atoms with E-state index in [4.69, 9.17) is 15.5 Å². The topological polar surface area (TPSA) is 77.2 Å². The standard InChI is InChI=1S/C21H25N3O2S/c1-3-26-14-8-9-17-13(10-14)11-15-18(22)19(27-21(15)24-17)20(25)23-16-7-5-4-6-12(16)2/h8-12,16H,3-7,22H2,1-2H3,(H,23,25)/t12-,16-/m0/s1. The van der Waals surface area contributed by atoms with Gasteiger partial charge in [-0.25, -0.2) is 4.98 Å². The van der Waals surface area contributed by atoms with Crippen LogP contribution in [-0.2, 0) is 0 Å². The van der Waals surface area contributed by atoms with Gasteiger partial charge in [-0.05, 0) is 49.9 Å². The molecule has 2 heterocycles. The number of aromatic nitrogens is 1. The zero-order valence-corrected chi connectivity index (χ0v) is 16.6. The van der Waals surface area contributed by atoms with Gasteiger partial charge >= 0.3 is 0 Å². The molecular formula is C21H25N3O2S. The van der Waals surface area contributed by atoms with Crippen molar-refractivity contribution in [3.05, 3.63) is 29.1 Å². The van der Waals surface area contributed by atoms with Crippen LogP contribution in [-0.4, -0.2) is 23.5 Å². The molecule has 3 aromatic rings. The van der Waals surface area contributed by atoms with Crippen LogP contribution in [0.25, 0.3) is 21.1 Å². The van der Waals surface area contributed by atoms with Crippen molar-refractivity contribution in [2.24, 2.45) is 5.92 Å². The number of benzene rings is 1. The first kappa shape index (κ1) is 18.0. The van der Waals surface area contributed by atoms with Gasteiger partial charge in [0, 0.05) is 16.8 Å². The molecule has 1 fully saturated rings. The Morgan fingerprint density at radius 2 is 2.15 bits per heavy atom. The van der Waals surface area contributed by atoms with E-state index in [1.165, 1.54) is 30.6 Å². The Balaban J connectivity index is 1.68. The number of anilines is 1. The lowest BCUT2D eigenvalue weighted by Gasteiger charge is -2.29. The number of amides is 1. The Morgan fingerprint density at radius 1 is 1.33 bits per heavy atom. The van der Waals surface area contributed by atoms with Crippen LogP contribution in [0.2, 0.25) is 0 Å². The highest BCUT2D eigenvalue weighted by Crippen LogP contribution is 2.35. The van der Waals surface area contributed by atoms with Gasteiger partial charge in [-0.1, -0.05) is 19.8 Å². The molecule has 1 amide bonds. The molecule has 6 heteroatoms. The van der Waals surface area contributed by atoms with Gasteiger partial charge in [0.05, 0.1) is 17.8 Å². The monoisotopic (exact) mass is 383 g/mol. The number of nitrogen functional groups attached to an aromatic ring is 1. The highest BCUT2D eigenvalue weighted by atomic mass is 32.1. The first-order valence-corrected chi connectivity index (χ1v) is 10.4. The number of carbonyl (C=O) groups is 1. The average molecular weight is 384 g/mol. The predicted octanol–water partition coefficient (Wildman–Crippen LogP) is 4.74. The molecule has 4 rings (SSSR count). The van der Waals surface area contributed by atoms with Gasteiger partial charge in [0.25, 0.3) is 5.91 Å². The lowest BCUT2D eigenvalue weighted by molar-refractivity contribution is 0.0915. The maximum Gasteiger partial charge on any atom is 0.263 e. The van der Waals surface area contributed by atoms with Crippen LogP contribution in [0.4, 0.5) is 5.69 Å². The zero-order chi connectivity index (χ0) is 19.0. The van der Waals surface area contributed by atoms with Crippen LogP contribution in [0, 0.1) is 5.92 Å². The van der Waals surface area contributed by atoms with Crippen LogP contribution >= 0.6 is 11.3 Å². The maximum absolute atomic E-state index is 12.9. The van der Waals surface area contributed by atoms with Gasteiger partial charge < -0.3 is 15.8 Å². The molecule has 1 aliphatic carbocycles. The van der Waals surface area contributed by atoms with Crippen molar-refractivity contribution < 1.29 is 9.53 Å². The summed E-state index contributed by atoms with van der Waals surface area (Å²) < 4.78 is 5.57. The van der Waals surface area contributed by atoms with Crippen molar-refractivity contribution in [2.75, 3.05) is 12.3 Å². The Morgan fingerprint density at radius 3 is 2.93 bits per heavy atom. The minimum absolute atomic E-state index is 0.0756. The summed E-state index contributed by atoms with van der Waals surface area (Å²) in [5.41, 5.74) is 7.74. The molecule has 27 heavy (non-hydrogen) atoms. The summed E-state index contributed by atoms with van der Waals surface area (Å²) >= 11 is 1.37. The third-order valence-electron chi connectivity index (χ3n) is 5.43. The van der Waals surface area contributed by atoms with Gasteiger partial charge in [0.15, 0.2) is 0 Å². The second-order valence-corrected chi connectivity index (χ2v) is 8.31. The summed E-state index contributed by atoms with van der Waals surface area (Å²) in [4.78, 5) is 18.9. The first-order chi connectivity index (χ1) is 13.1. The molecule has 0 bridgehead atoms. The summed E-state index contributed by atoms with van der Waals surface area (Å²) in [5.74, 6) is 1.24. The lowest BCUT2D eigenvalue weighted by atomic mass is 9.86. The van der Waals surface area contributed by atoms with E-state index in [2.05, 4.69) is 12.2 Å². The summed E-state index contributed by atoms with van der Waals surface area (Å²) in [6.07, 6.45) is 4.63. The van der Waals surface area contributed by atoms with Gasteiger partial charge in [0.1, 0.15) is 15.5 Å². The van der Waals surface area contributed by atoms with E-state index in [1.807, 2.05) is 31.2 Å². The van der Waals surface area contributed by atoms with E-state index in [0.717, 1.165) is 33.3 Å². The molecule has 3 N–H and O–H groups in total. The Kier molecular flexibility index (Phi) is 4.91. The molecule has 1 aromatic carbocycles. The fraction of sp³-hybridized carbons (Fsp3) is 0.429. The van der Waals surface area contributed by atoms with E-state index in [-0.39, 0.29) is 11.9 Å². The molecule has 5 nitrogen and oxygen atoms in total. The minimum atomic E-state index is -0.0756. The van der Waals surface area contributed by atoms with Crippen molar-refractivity contribution in [3.8, 4) is 5.75 Å². The SMILES string of the molecule is CCOc1ccc2nc3sc(C(=O)N[C@H]4CCCC[C@@H]4C)c(N)c3cc2c1. The number of carbonyl (C=O) groups excluding carboxylic acids is 1. The number of ether oxygens (including phenoxy) is 1. The third kappa shape index (κ3) is 3.46. The quantitative estimate of drug-likeness (QED) is 0.682. The summed E-state index contributed by atoms with van der Waals surface area (Å²) in [6, 6.07) is 8.06. The zero-order valence-electron chi connectivity index (χ0n) is 15.7. The molecule has 0 aliphatic heterocycles. The predicted molar refractivity (Wildman–Crippen MR) is 112 cm³/mol. The van der Waals surface area contributed by atoms with Crippen LogP contribution in [0.15, 0.2) is 24.3 Å². The lowest BCUT2D eigenvalue weighted by Crippen LogP contribution is -2.40. The van der Waals surface area contributed by atoms with E-state index < -0.39 is 0 Å². The molecular weight excluding hydrogens is 358 g/mol. The van der Waals surface area contributed by atoms with Crippen molar-refractivity contribution in [2.45, 2.75) is 45.6 Å². The highest BCUT2D eigenvalue weighted by Gasteiger charge is 2.25. The second kappa shape index (κ2) is 7.35. The largest absolute Gasteiger partial charge is 0.494 e. The number of hydrogen-bond acceptors (Lipinski definition) is 5. The highest BCUT2D eigenvalue weighted by molar-refractivity contribution is 7.21. The fourth-order valence-electron chi connectivity index (χ4n) is 3.87. The van der Waals surface area contributed by atoms with Gasteiger partial charge in [-0.15, -0.1) is 11.3 Å². The van der Waals surface area contributed by atoms with Crippen LogP contribution in [0.1, 0.15) is 49.2 Å². The molecule has 0 unspecified atom stereocenters. The molecule has 0 saturated heterocycles. The number of nitrogens with two attached hydrogens (primary N) is 1. The number of hydrogen-bond donors (Lipinski definition) is 2. The third-order valence-corrected chi connectivity index (χ3v) is 6.54. The Bertz CT molecular complexity index is 998. The molecule has 0 spiro atoms. The van der Waals surface area contributed by atoms with Crippen molar-refractivity contribution >= 4 is 44.1 Å². The number of pyridine rings is 1. The number of nitrogens with zero attached hydrogens (tertiary/aromatic N) is 1.